The average molecular weight is 640 g/mol. The molecule has 1 aliphatic rings. The lowest BCUT2D eigenvalue weighted by Gasteiger charge is -2.43. The lowest BCUT2D eigenvalue weighted by Crippen LogP contribution is -2.55. The summed E-state index contributed by atoms with van der Waals surface area (Å²) < 4.78 is 60.8. The van der Waals surface area contributed by atoms with Gasteiger partial charge < -0.3 is 24.8 Å². The van der Waals surface area contributed by atoms with E-state index in [1.54, 1.807) is 43.0 Å². The summed E-state index contributed by atoms with van der Waals surface area (Å²) in [7, 11) is 0. The molecule has 3 aromatic heterocycles. The number of imidazole rings is 1. The molecule has 1 aromatic carbocycles. The number of aromatic nitrogens is 4. The minimum atomic E-state index is -4.91. The zero-order valence-corrected chi connectivity index (χ0v) is 25.3. The number of benzene rings is 1. The minimum Gasteiger partial charge on any atom is -0.492 e. The zero-order chi connectivity index (χ0) is 32.8. The molecule has 1 saturated heterocycles. The number of piperazine rings is 1. The van der Waals surface area contributed by atoms with Crippen molar-refractivity contribution < 1.29 is 31.9 Å². The van der Waals surface area contributed by atoms with Gasteiger partial charge in [0.1, 0.15) is 23.1 Å². The van der Waals surface area contributed by atoms with E-state index in [0.717, 1.165) is 12.1 Å². The first kappa shape index (κ1) is 32.4. The number of nitrogens with zero attached hydrogens (tertiary/aromatic N) is 5. The Hall–Kier alpha value is -5.01. The highest BCUT2D eigenvalue weighted by Crippen LogP contribution is 2.37. The van der Waals surface area contributed by atoms with Crippen molar-refractivity contribution in [3.8, 4) is 17.0 Å². The van der Waals surface area contributed by atoms with Crippen molar-refractivity contribution in [3.05, 3.63) is 89.6 Å². The van der Waals surface area contributed by atoms with Gasteiger partial charge >= 0.3 is 6.18 Å². The molecule has 10 nitrogen and oxygen atoms in total. The van der Waals surface area contributed by atoms with Crippen molar-refractivity contribution in [3.63, 3.8) is 0 Å². The number of rotatable bonds is 10. The number of ether oxygens (including phenoxy) is 1. The highest BCUT2D eigenvalue weighted by molar-refractivity contribution is 5.99. The normalized spacial score (nSPS) is 15.1. The summed E-state index contributed by atoms with van der Waals surface area (Å²) in [4.78, 5) is 46.5. The Morgan fingerprint density at radius 2 is 1.96 bits per heavy atom. The van der Waals surface area contributed by atoms with Gasteiger partial charge in [-0.25, -0.2) is 14.4 Å². The second-order valence-electron chi connectivity index (χ2n) is 10.6. The molecule has 14 heteroatoms. The molecule has 0 spiro atoms. The number of carbonyl (C=O) groups excluding carboxylic acids is 2. The third kappa shape index (κ3) is 7.11. The van der Waals surface area contributed by atoms with E-state index in [2.05, 4.69) is 20.3 Å². The number of aromatic amines is 1. The van der Waals surface area contributed by atoms with E-state index < -0.39 is 34.9 Å². The lowest BCUT2D eigenvalue weighted by atomic mass is 10.0. The van der Waals surface area contributed by atoms with Crippen molar-refractivity contribution in [2.75, 3.05) is 37.7 Å². The number of halogens is 4. The number of nitrogens with one attached hydrogen (secondary N) is 2. The van der Waals surface area contributed by atoms with Gasteiger partial charge in [0.25, 0.3) is 11.8 Å². The van der Waals surface area contributed by atoms with Crippen LogP contribution in [-0.2, 0) is 12.6 Å². The fourth-order valence-electron chi connectivity index (χ4n) is 5.47. The standard InChI is InChI=1S/C32H33F4N7O3/c1-3-22-19-42(31(45)23-8-7-21(33)16-24(23)32(34,35)36)14-15-43(22)25-17-26(46-4-2)28(20-6-5-10-37-18-20)41-29(25)30(44)40-11-9-27-38-12-13-39-27/h5-8,10,12-13,16-18,22H,3-4,9,11,14-15,19H2,1-2H3,(H,38,39)(H,40,44)/t22-/m1/s1. The molecular weight excluding hydrogens is 606 g/mol. The third-order valence-corrected chi connectivity index (χ3v) is 7.69. The van der Waals surface area contributed by atoms with Gasteiger partial charge in [-0.05, 0) is 43.7 Å². The van der Waals surface area contributed by atoms with Crippen LogP contribution in [0.4, 0.5) is 23.2 Å². The van der Waals surface area contributed by atoms with Crippen LogP contribution >= 0.6 is 0 Å². The molecule has 1 fully saturated rings. The third-order valence-electron chi connectivity index (χ3n) is 7.69. The Bertz CT molecular complexity index is 1670. The Morgan fingerprint density at radius 1 is 1.13 bits per heavy atom. The van der Waals surface area contributed by atoms with Gasteiger partial charge in [0, 0.05) is 75.1 Å². The van der Waals surface area contributed by atoms with E-state index in [1.807, 2.05) is 18.7 Å². The van der Waals surface area contributed by atoms with E-state index in [1.165, 1.54) is 4.90 Å². The SMILES string of the molecule is CCOc1cc(N2CCN(C(=O)c3ccc(F)cc3C(F)(F)F)C[C@H]2CC)c(C(=O)NCCc2ncc[nH]2)nc1-c1cccnc1. The smallest absolute Gasteiger partial charge is 0.417 e. The van der Waals surface area contributed by atoms with Crippen molar-refractivity contribution >= 4 is 17.5 Å². The first-order chi connectivity index (χ1) is 22.1. The van der Waals surface area contributed by atoms with Gasteiger partial charge in [0.05, 0.1) is 23.4 Å². The summed E-state index contributed by atoms with van der Waals surface area (Å²) in [6, 6.07) is 6.96. The highest BCUT2D eigenvalue weighted by atomic mass is 19.4. The van der Waals surface area contributed by atoms with E-state index in [0.29, 0.717) is 54.0 Å². The number of hydrogen-bond acceptors (Lipinski definition) is 7. The number of carbonyl (C=O) groups is 2. The van der Waals surface area contributed by atoms with Gasteiger partial charge in [0.2, 0.25) is 0 Å². The van der Waals surface area contributed by atoms with Crippen molar-refractivity contribution in [1.82, 2.24) is 30.2 Å². The van der Waals surface area contributed by atoms with Crippen LogP contribution in [0.15, 0.2) is 61.2 Å². The molecule has 242 valence electrons. The lowest BCUT2D eigenvalue weighted by molar-refractivity contribution is -0.138. The van der Waals surface area contributed by atoms with Crippen LogP contribution in [0.2, 0.25) is 0 Å². The van der Waals surface area contributed by atoms with E-state index in [9.17, 15) is 27.2 Å². The molecule has 0 radical (unpaired) electrons. The molecule has 0 aliphatic carbocycles. The summed E-state index contributed by atoms with van der Waals surface area (Å²) in [6.45, 7) is 4.62. The quantitative estimate of drug-likeness (QED) is 0.231. The fraction of sp³-hybridized carbons (Fsp3) is 0.344. The molecule has 0 unspecified atom stereocenters. The second-order valence-corrected chi connectivity index (χ2v) is 10.6. The van der Waals surface area contributed by atoms with Crippen LogP contribution in [-0.4, -0.2) is 75.5 Å². The molecule has 5 rings (SSSR count). The molecule has 0 saturated carbocycles. The molecule has 1 aliphatic heterocycles. The summed E-state index contributed by atoms with van der Waals surface area (Å²) in [5.74, 6) is -1.24. The molecule has 4 aromatic rings. The zero-order valence-electron chi connectivity index (χ0n) is 25.3. The van der Waals surface area contributed by atoms with Crippen LogP contribution < -0.4 is 15.0 Å². The summed E-state index contributed by atoms with van der Waals surface area (Å²) >= 11 is 0. The monoisotopic (exact) mass is 639 g/mol. The van der Waals surface area contributed by atoms with Crippen molar-refractivity contribution in [2.24, 2.45) is 0 Å². The molecule has 0 bridgehead atoms. The number of pyridine rings is 2. The molecule has 2 N–H and O–H groups in total. The van der Waals surface area contributed by atoms with Crippen LogP contribution in [0.5, 0.6) is 5.75 Å². The van der Waals surface area contributed by atoms with Gasteiger partial charge in [-0.15, -0.1) is 0 Å². The highest BCUT2D eigenvalue weighted by Gasteiger charge is 2.39. The van der Waals surface area contributed by atoms with Crippen molar-refractivity contribution in [2.45, 2.75) is 38.9 Å². The largest absolute Gasteiger partial charge is 0.492 e. The number of alkyl halides is 3. The maximum Gasteiger partial charge on any atom is 0.417 e. The Balaban J connectivity index is 1.48. The maximum atomic E-state index is 13.7. The molecule has 46 heavy (non-hydrogen) atoms. The molecule has 1 atom stereocenters. The predicted octanol–water partition coefficient (Wildman–Crippen LogP) is 5.14. The first-order valence-electron chi connectivity index (χ1n) is 14.9. The van der Waals surface area contributed by atoms with E-state index >= 15 is 0 Å². The Morgan fingerprint density at radius 3 is 2.63 bits per heavy atom. The van der Waals surface area contributed by atoms with Gasteiger partial charge in [0.15, 0.2) is 5.69 Å². The summed E-state index contributed by atoms with van der Waals surface area (Å²) in [5.41, 5.74) is -0.286. The Labute approximate surface area is 262 Å². The summed E-state index contributed by atoms with van der Waals surface area (Å²) in [5, 5.41) is 2.91. The number of anilines is 1. The second kappa shape index (κ2) is 14.0. The van der Waals surface area contributed by atoms with Crippen molar-refractivity contribution in [1.29, 1.82) is 0 Å². The van der Waals surface area contributed by atoms with Gasteiger partial charge in [-0.1, -0.05) is 6.92 Å². The topological polar surface area (TPSA) is 116 Å². The van der Waals surface area contributed by atoms with Gasteiger partial charge in [-0.2, -0.15) is 13.2 Å². The molecular formula is C32H33F4N7O3. The molecule has 4 heterocycles. The van der Waals surface area contributed by atoms with E-state index in [-0.39, 0.29) is 37.9 Å². The predicted molar refractivity (Wildman–Crippen MR) is 162 cm³/mol. The first-order valence-corrected chi connectivity index (χ1v) is 14.9. The molecule has 2 amide bonds. The van der Waals surface area contributed by atoms with E-state index in [4.69, 9.17) is 9.72 Å². The van der Waals surface area contributed by atoms with Crippen LogP contribution in [0.25, 0.3) is 11.3 Å². The van der Waals surface area contributed by atoms with Gasteiger partial charge in [-0.3, -0.25) is 14.6 Å². The minimum absolute atomic E-state index is 0.0535. The average Bonchev–Trinajstić information content (AvgIpc) is 3.57. The Kier molecular flexibility index (Phi) is 9.83. The van der Waals surface area contributed by atoms with Crippen LogP contribution in [0.1, 0.15) is 52.5 Å². The fourth-order valence-corrected chi connectivity index (χ4v) is 5.47. The number of hydrogen-bond donors (Lipinski definition) is 2. The maximum absolute atomic E-state index is 13.7. The number of H-pyrrole nitrogens is 1. The van der Waals surface area contributed by atoms with Crippen LogP contribution in [0, 0.1) is 5.82 Å². The van der Waals surface area contributed by atoms with Crippen LogP contribution in [0.3, 0.4) is 0 Å². The number of amides is 2. The summed E-state index contributed by atoms with van der Waals surface area (Å²) in [6.07, 6.45) is 2.60.